The number of nitrogens with zero attached hydrogens (tertiary/aromatic N) is 2. The van der Waals surface area contributed by atoms with Gasteiger partial charge in [-0.2, -0.15) is 0 Å². The fraction of sp³-hybridized carbons (Fsp3) is 0.316. The van der Waals surface area contributed by atoms with Crippen LogP contribution in [-0.2, 0) is 11.3 Å². The van der Waals surface area contributed by atoms with Crippen LogP contribution in [0.3, 0.4) is 0 Å². The Morgan fingerprint density at radius 2 is 1.83 bits per heavy atom. The van der Waals surface area contributed by atoms with Gasteiger partial charge in [-0.05, 0) is 37.2 Å². The normalized spacial score (nSPS) is 11.3. The Balaban J connectivity index is 1.68. The standard InChI is InChI=1S/C19H22N2OS2/c1-14-20-17(13-23-14)19-9-8-18(24-19)16-6-4-15(5-7-16)12-21(2)10-11-22-3/h4-9,13H,10-12H2,1-3H3. The van der Waals surface area contributed by atoms with Crippen molar-refractivity contribution in [2.75, 3.05) is 27.3 Å². The van der Waals surface area contributed by atoms with E-state index in [1.54, 1.807) is 29.8 Å². The molecule has 3 nitrogen and oxygen atoms in total. The van der Waals surface area contributed by atoms with E-state index in [1.807, 2.05) is 6.92 Å². The van der Waals surface area contributed by atoms with E-state index in [9.17, 15) is 0 Å². The lowest BCUT2D eigenvalue weighted by atomic mass is 10.1. The third-order valence-electron chi connectivity index (χ3n) is 3.85. The first-order valence-electron chi connectivity index (χ1n) is 7.95. The third kappa shape index (κ3) is 4.30. The van der Waals surface area contributed by atoms with Gasteiger partial charge in [-0.3, -0.25) is 4.90 Å². The van der Waals surface area contributed by atoms with Crippen LogP contribution < -0.4 is 0 Å². The zero-order valence-electron chi connectivity index (χ0n) is 14.3. The van der Waals surface area contributed by atoms with Crippen LogP contribution in [0.5, 0.6) is 0 Å². The fourth-order valence-electron chi connectivity index (χ4n) is 2.52. The van der Waals surface area contributed by atoms with Crippen molar-refractivity contribution in [2.24, 2.45) is 0 Å². The Hall–Kier alpha value is -1.53. The average Bonchev–Trinajstić information content (AvgIpc) is 3.22. The first-order valence-corrected chi connectivity index (χ1v) is 9.64. The molecular formula is C19H22N2OS2. The highest BCUT2D eigenvalue weighted by Gasteiger charge is 2.08. The van der Waals surface area contributed by atoms with Crippen LogP contribution in [0.25, 0.3) is 21.0 Å². The molecule has 1 aromatic carbocycles. The van der Waals surface area contributed by atoms with Gasteiger partial charge in [-0.25, -0.2) is 4.98 Å². The van der Waals surface area contributed by atoms with Crippen molar-refractivity contribution in [3.05, 3.63) is 52.3 Å². The minimum atomic E-state index is 0.767. The summed E-state index contributed by atoms with van der Waals surface area (Å²) in [4.78, 5) is 9.36. The van der Waals surface area contributed by atoms with E-state index in [2.05, 4.69) is 58.7 Å². The predicted octanol–water partition coefficient (Wildman–Crippen LogP) is 4.93. The number of aryl methyl sites for hydroxylation is 1. The molecule has 0 spiro atoms. The van der Waals surface area contributed by atoms with Crippen LogP contribution in [0.2, 0.25) is 0 Å². The number of methoxy groups -OCH3 is 1. The summed E-state index contributed by atoms with van der Waals surface area (Å²) in [6.45, 7) is 4.70. The summed E-state index contributed by atoms with van der Waals surface area (Å²) in [7, 11) is 3.86. The zero-order valence-corrected chi connectivity index (χ0v) is 15.9. The molecule has 0 N–H and O–H groups in total. The minimum absolute atomic E-state index is 0.767. The summed E-state index contributed by atoms with van der Waals surface area (Å²) in [5, 5.41) is 3.24. The number of thiazole rings is 1. The number of rotatable bonds is 7. The summed E-state index contributed by atoms with van der Waals surface area (Å²) in [5.41, 5.74) is 3.68. The van der Waals surface area contributed by atoms with E-state index >= 15 is 0 Å². The first kappa shape index (κ1) is 17.3. The van der Waals surface area contributed by atoms with Gasteiger partial charge in [0.1, 0.15) is 0 Å². The largest absolute Gasteiger partial charge is 0.383 e. The van der Waals surface area contributed by atoms with Crippen molar-refractivity contribution < 1.29 is 4.74 Å². The molecule has 0 aliphatic rings. The molecule has 0 aliphatic heterocycles. The smallest absolute Gasteiger partial charge is 0.0914 e. The first-order chi connectivity index (χ1) is 11.7. The van der Waals surface area contributed by atoms with Gasteiger partial charge >= 0.3 is 0 Å². The second kappa shape index (κ2) is 8.03. The number of thiophene rings is 1. The number of ether oxygens (including phenoxy) is 1. The lowest BCUT2D eigenvalue weighted by molar-refractivity contribution is 0.158. The summed E-state index contributed by atoms with van der Waals surface area (Å²) >= 11 is 3.50. The molecule has 24 heavy (non-hydrogen) atoms. The molecule has 0 atom stereocenters. The SMILES string of the molecule is COCCN(C)Cc1ccc(-c2ccc(-c3csc(C)n3)s2)cc1. The van der Waals surface area contributed by atoms with Gasteiger partial charge in [0.15, 0.2) is 0 Å². The summed E-state index contributed by atoms with van der Waals surface area (Å²) in [6.07, 6.45) is 0. The molecule has 0 saturated heterocycles. The van der Waals surface area contributed by atoms with Crippen molar-refractivity contribution in [3.63, 3.8) is 0 Å². The van der Waals surface area contributed by atoms with Crippen molar-refractivity contribution in [3.8, 4) is 21.0 Å². The number of benzene rings is 1. The van der Waals surface area contributed by atoms with Crippen LogP contribution in [0, 0.1) is 6.92 Å². The van der Waals surface area contributed by atoms with Crippen molar-refractivity contribution in [1.82, 2.24) is 9.88 Å². The highest BCUT2D eigenvalue weighted by molar-refractivity contribution is 7.19. The van der Waals surface area contributed by atoms with Crippen LogP contribution in [0.1, 0.15) is 10.6 Å². The number of likely N-dealkylation sites (N-methyl/N-ethyl adjacent to an activating group) is 1. The molecule has 2 aromatic heterocycles. The lowest BCUT2D eigenvalue weighted by Crippen LogP contribution is -2.22. The van der Waals surface area contributed by atoms with E-state index in [0.29, 0.717) is 0 Å². The van der Waals surface area contributed by atoms with Crippen LogP contribution in [0.4, 0.5) is 0 Å². The molecule has 0 amide bonds. The quantitative estimate of drug-likeness (QED) is 0.599. The maximum absolute atomic E-state index is 5.12. The van der Waals surface area contributed by atoms with Gasteiger partial charge < -0.3 is 4.74 Å². The maximum atomic E-state index is 5.12. The van der Waals surface area contributed by atoms with Crippen molar-refractivity contribution in [2.45, 2.75) is 13.5 Å². The topological polar surface area (TPSA) is 25.4 Å². The Morgan fingerprint density at radius 3 is 2.50 bits per heavy atom. The summed E-state index contributed by atoms with van der Waals surface area (Å²) in [5.74, 6) is 0. The molecule has 3 aromatic rings. The van der Waals surface area contributed by atoms with E-state index in [0.717, 1.165) is 30.4 Å². The zero-order chi connectivity index (χ0) is 16.9. The molecule has 126 valence electrons. The lowest BCUT2D eigenvalue weighted by Gasteiger charge is -2.16. The molecular weight excluding hydrogens is 336 g/mol. The number of aromatic nitrogens is 1. The average molecular weight is 359 g/mol. The Kier molecular flexibility index (Phi) is 5.79. The highest BCUT2D eigenvalue weighted by Crippen LogP contribution is 2.34. The third-order valence-corrected chi connectivity index (χ3v) is 5.78. The molecule has 0 radical (unpaired) electrons. The predicted molar refractivity (Wildman–Crippen MR) is 104 cm³/mol. The monoisotopic (exact) mass is 358 g/mol. The fourth-order valence-corrected chi connectivity index (χ4v) is 4.18. The molecule has 0 fully saturated rings. The molecule has 5 heteroatoms. The van der Waals surface area contributed by atoms with Gasteiger partial charge in [-0.15, -0.1) is 22.7 Å². The van der Waals surface area contributed by atoms with E-state index in [1.165, 1.54) is 20.9 Å². The van der Waals surface area contributed by atoms with E-state index < -0.39 is 0 Å². The van der Waals surface area contributed by atoms with Gasteiger partial charge in [0.05, 0.1) is 22.2 Å². The van der Waals surface area contributed by atoms with Crippen LogP contribution >= 0.6 is 22.7 Å². The van der Waals surface area contributed by atoms with Crippen molar-refractivity contribution in [1.29, 1.82) is 0 Å². The van der Waals surface area contributed by atoms with E-state index in [4.69, 9.17) is 4.74 Å². The minimum Gasteiger partial charge on any atom is -0.383 e. The van der Waals surface area contributed by atoms with E-state index in [-0.39, 0.29) is 0 Å². The molecule has 0 aliphatic carbocycles. The Labute approximate surface area is 151 Å². The van der Waals surface area contributed by atoms with Crippen LogP contribution in [0.15, 0.2) is 41.8 Å². The highest BCUT2D eigenvalue weighted by atomic mass is 32.1. The van der Waals surface area contributed by atoms with Gasteiger partial charge in [-0.1, -0.05) is 24.3 Å². The summed E-state index contributed by atoms with van der Waals surface area (Å²) in [6, 6.07) is 13.2. The van der Waals surface area contributed by atoms with Gasteiger partial charge in [0.25, 0.3) is 0 Å². The Bertz CT molecular complexity index is 777. The summed E-state index contributed by atoms with van der Waals surface area (Å²) < 4.78 is 5.12. The second-order valence-electron chi connectivity index (χ2n) is 5.84. The van der Waals surface area contributed by atoms with Gasteiger partial charge in [0, 0.05) is 30.5 Å². The molecule has 3 rings (SSSR count). The Morgan fingerprint density at radius 1 is 1.08 bits per heavy atom. The van der Waals surface area contributed by atoms with Crippen molar-refractivity contribution >= 4 is 22.7 Å². The molecule has 0 saturated carbocycles. The number of hydrogen-bond acceptors (Lipinski definition) is 5. The maximum Gasteiger partial charge on any atom is 0.0914 e. The number of hydrogen-bond donors (Lipinski definition) is 0. The molecule has 0 unspecified atom stereocenters. The second-order valence-corrected chi connectivity index (χ2v) is 7.99. The van der Waals surface area contributed by atoms with Gasteiger partial charge in [0.2, 0.25) is 0 Å². The molecule has 0 bridgehead atoms. The molecule has 2 heterocycles. The van der Waals surface area contributed by atoms with Crippen LogP contribution in [-0.4, -0.2) is 37.2 Å².